The van der Waals surface area contributed by atoms with E-state index in [1.165, 1.54) is 0 Å². The summed E-state index contributed by atoms with van der Waals surface area (Å²) in [5.74, 6) is -1.31. The van der Waals surface area contributed by atoms with Gasteiger partial charge in [-0.05, 0) is 56.8 Å². The molecule has 5 nitrogen and oxygen atoms in total. The first-order valence-electron chi connectivity index (χ1n) is 8.19. The molecule has 172 valence electrons. The molecule has 1 aliphatic heterocycles. The number of carboxylic acid groups (broad SMARTS) is 1. The molecule has 1 heterocycles. The van der Waals surface area contributed by atoms with Crippen LogP contribution in [0.5, 0.6) is 0 Å². The van der Waals surface area contributed by atoms with Crippen molar-refractivity contribution in [3.05, 3.63) is 68.4 Å². The van der Waals surface area contributed by atoms with E-state index in [2.05, 4.69) is 51.2 Å². The Balaban J connectivity index is 0.00000204. The number of carboxylic acids is 1. The molecule has 0 spiro atoms. The normalized spacial score (nSPS) is 10.5. The molecule has 0 bridgehead atoms. The first-order valence-corrected chi connectivity index (χ1v) is 14.0. The number of aromatic carboxylic acids is 1. The second kappa shape index (κ2) is 14.0. The van der Waals surface area contributed by atoms with E-state index in [0.717, 1.165) is 3.57 Å². The molecule has 2 aromatic carbocycles. The van der Waals surface area contributed by atoms with Gasteiger partial charge in [-0.2, -0.15) is 6.07 Å². The van der Waals surface area contributed by atoms with Crippen LogP contribution in [0.1, 0.15) is 10.4 Å². The second-order valence-corrected chi connectivity index (χ2v) is 12.3. The number of benzene rings is 3. The summed E-state index contributed by atoms with van der Waals surface area (Å²) in [6.45, 7) is 0. The van der Waals surface area contributed by atoms with Crippen LogP contribution in [0.25, 0.3) is 33.4 Å². The number of hydrogen-bond acceptors (Lipinski definition) is 5. The summed E-state index contributed by atoms with van der Waals surface area (Å²) in [6.07, 6.45) is 0. The Bertz CT molecular complexity index is 1530. The van der Waals surface area contributed by atoms with Gasteiger partial charge in [0.1, 0.15) is 9.33 Å². The minimum atomic E-state index is -1.58. The van der Waals surface area contributed by atoms with Gasteiger partial charge in [0.15, 0.2) is 0 Å². The molecule has 0 aromatic heterocycles. The van der Waals surface area contributed by atoms with Gasteiger partial charge >= 0.3 is 59.1 Å². The first-order chi connectivity index (χ1) is 15.0. The zero-order valence-corrected chi connectivity index (χ0v) is 32.9. The summed E-state index contributed by atoms with van der Waals surface area (Å²) >= 11 is 33.3. The number of fused-ring (bicyclic) bond motifs is 2. The van der Waals surface area contributed by atoms with Gasteiger partial charge in [-0.25, -0.2) is 0 Å². The van der Waals surface area contributed by atoms with Crippen LogP contribution < -0.4 is 69.6 Å². The van der Waals surface area contributed by atoms with Gasteiger partial charge in [0.05, 0.1) is 29.6 Å². The van der Waals surface area contributed by atoms with E-state index in [1.54, 1.807) is 12.1 Å². The Morgan fingerprint density at radius 2 is 1.49 bits per heavy atom. The summed E-state index contributed by atoms with van der Waals surface area (Å²) in [4.78, 5) is 24.8. The van der Waals surface area contributed by atoms with E-state index in [9.17, 15) is 14.7 Å². The average molecular weight is 1020 g/mol. The summed E-state index contributed by atoms with van der Waals surface area (Å²) in [5, 5.41) is 12.0. The van der Waals surface area contributed by atoms with E-state index < -0.39 is 11.5 Å². The Morgan fingerprint density at radius 1 is 0.914 bits per heavy atom. The zero-order chi connectivity index (χ0) is 23.6. The fourth-order valence-corrected chi connectivity index (χ4v) is 7.84. The van der Waals surface area contributed by atoms with Crippen molar-refractivity contribution in [2.24, 2.45) is 0 Å². The molecule has 0 amide bonds. The summed E-state index contributed by atoms with van der Waals surface area (Å²) in [7, 11) is 0. The Morgan fingerprint density at radius 3 is 2.06 bits per heavy atom. The van der Waals surface area contributed by atoms with E-state index in [1.807, 2.05) is 45.2 Å². The van der Waals surface area contributed by atoms with Gasteiger partial charge in [-0.3, -0.25) is 4.79 Å². The minimum absolute atomic E-state index is 0. The molecule has 0 atom stereocenters. The van der Waals surface area contributed by atoms with Crippen molar-refractivity contribution in [2.75, 3.05) is 0 Å². The van der Waals surface area contributed by atoms with Gasteiger partial charge in [0.2, 0.25) is 5.43 Å². The topological polar surface area (TPSA) is 100 Å². The zero-order valence-electron chi connectivity index (χ0n) is 17.3. The number of carbonyl (C=O) groups excluding carboxylic acids is 1. The molecule has 2 aliphatic rings. The standard InChI is InChI=1S/C20H3Cl4I4O4.2Na.H2O/c21-12-10(11(20(30)31)13(22)15(24)14(12)23)9-5-1-4(25)2-8(27)18(5)32-19-6(9)3-7(26)17(29)16(19)28;;;/h1,3H,(H,30,31);;;1H2/q-1;2*+1;/p-2. The molecule has 0 radical (unpaired) electrons. The van der Waals surface area contributed by atoms with Crippen LogP contribution in [-0.4, -0.2) is 11.4 Å². The first kappa shape index (κ1) is 35.7. The third-order valence-electron chi connectivity index (χ3n) is 4.54. The minimum Gasteiger partial charge on any atom is -0.870 e. The van der Waals surface area contributed by atoms with Gasteiger partial charge in [0.25, 0.3) is 0 Å². The Hall–Kier alpha value is 2.64. The summed E-state index contributed by atoms with van der Waals surface area (Å²) < 4.78 is 8.26. The fourth-order valence-electron chi connectivity index (χ4n) is 3.24. The van der Waals surface area contributed by atoms with E-state index in [0.29, 0.717) is 32.8 Å². The van der Waals surface area contributed by atoms with Crippen LogP contribution in [0.3, 0.4) is 0 Å². The Labute approximate surface area is 317 Å². The van der Waals surface area contributed by atoms with Crippen molar-refractivity contribution in [3.8, 4) is 22.5 Å². The largest absolute Gasteiger partial charge is 1.00 e. The molecule has 1 N–H and O–H groups in total. The molecule has 0 fully saturated rings. The van der Waals surface area contributed by atoms with Crippen LogP contribution >= 0.6 is 137 Å². The fraction of sp³-hybridized carbons (Fsp3) is 0. The van der Waals surface area contributed by atoms with Gasteiger partial charge in [0, 0.05) is 22.3 Å². The quantitative estimate of drug-likeness (QED) is 0.0760. The monoisotopic (exact) mass is 1020 g/mol. The predicted octanol–water partition coefficient (Wildman–Crippen LogP) is 1.59. The van der Waals surface area contributed by atoms with Crippen molar-refractivity contribution >= 4 is 154 Å². The maximum absolute atomic E-state index is 12.6. The third-order valence-corrected chi connectivity index (χ3v) is 9.46. The van der Waals surface area contributed by atoms with E-state index >= 15 is 0 Å². The molecule has 0 saturated heterocycles. The SMILES string of the molecule is O=C([O-])c1c(Cl)c(Cl)c(Cl)c(Cl)c1-c1c2cc(I)c(=O)c(I)c-2oc2c(I)[c-]c(I)cc12.[Na+].[Na+].[OH-]. The molecule has 15 heteroatoms. The van der Waals surface area contributed by atoms with Crippen LogP contribution in [0, 0.1) is 20.3 Å². The maximum Gasteiger partial charge on any atom is 1.00 e. The third kappa shape index (κ3) is 6.44. The molecular weight excluding hydrogens is 1020 g/mol. The summed E-state index contributed by atoms with van der Waals surface area (Å²) in [5.41, 5.74) is 0.647. The molecule has 35 heavy (non-hydrogen) atoms. The molecule has 4 rings (SSSR count). The predicted molar refractivity (Wildman–Crippen MR) is 161 cm³/mol. The number of rotatable bonds is 2. The van der Waals surface area contributed by atoms with Crippen molar-refractivity contribution in [2.45, 2.75) is 0 Å². The maximum atomic E-state index is 12.6. The molecule has 0 unspecified atom stereocenters. The molecular formula is C20H3Cl4I4Na2O5-. The van der Waals surface area contributed by atoms with Crippen molar-refractivity contribution < 1.29 is 78.9 Å². The van der Waals surface area contributed by atoms with Crippen molar-refractivity contribution in [1.29, 1.82) is 0 Å². The van der Waals surface area contributed by atoms with E-state index in [-0.39, 0.29) is 101 Å². The number of hydrogen-bond donors (Lipinski definition) is 0. The van der Waals surface area contributed by atoms with Crippen LogP contribution in [0.4, 0.5) is 0 Å². The van der Waals surface area contributed by atoms with Gasteiger partial charge in [-0.1, -0.05) is 104 Å². The average Bonchev–Trinajstić information content (AvgIpc) is 2.72. The Kier molecular flexibility index (Phi) is 14.3. The van der Waals surface area contributed by atoms with Crippen LogP contribution in [-0.2, 0) is 0 Å². The molecule has 1 aliphatic carbocycles. The van der Waals surface area contributed by atoms with Gasteiger partial charge < -0.3 is 19.8 Å². The van der Waals surface area contributed by atoms with E-state index in [4.69, 9.17) is 50.8 Å². The smallest absolute Gasteiger partial charge is 0.870 e. The number of halogens is 8. The summed E-state index contributed by atoms with van der Waals surface area (Å²) in [6, 6.07) is 6.53. The van der Waals surface area contributed by atoms with Crippen LogP contribution in [0.2, 0.25) is 20.1 Å². The van der Waals surface area contributed by atoms with Crippen LogP contribution in [0.15, 0.2) is 21.3 Å². The van der Waals surface area contributed by atoms with Gasteiger partial charge in [-0.15, -0.1) is 6.07 Å². The van der Waals surface area contributed by atoms with Crippen molar-refractivity contribution in [3.63, 3.8) is 0 Å². The number of carbonyl (C=O) groups is 1. The molecule has 0 saturated carbocycles. The van der Waals surface area contributed by atoms with Crippen molar-refractivity contribution in [1.82, 2.24) is 0 Å². The second-order valence-electron chi connectivity index (χ2n) is 6.32. The molecule has 2 aromatic rings.